The van der Waals surface area contributed by atoms with Gasteiger partial charge in [0.05, 0.1) is 12.2 Å². The highest BCUT2D eigenvalue weighted by atomic mass is 15.2. The van der Waals surface area contributed by atoms with Gasteiger partial charge in [0.25, 0.3) is 0 Å². The molecule has 0 bridgehead atoms. The molecule has 0 spiro atoms. The van der Waals surface area contributed by atoms with Gasteiger partial charge in [-0.15, -0.1) is 0 Å². The number of aryl methyl sites for hydroxylation is 1. The SMILES string of the molecule is Cc1cccnc1CNc1nccn1C1CCCC1. The third-order valence-electron chi connectivity index (χ3n) is 3.92. The van der Waals surface area contributed by atoms with Crippen LogP contribution in [0.1, 0.15) is 43.0 Å². The Kier molecular flexibility index (Phi) is 3.49. The Morgan fingerprint density at radius 3 is 2.89 bits per heavy atom. The van der Waals surface area contributed by atoms with Crippen LogP contribution in [0.25, 0.3) is 0 Å². The summed E-state index contributed by atoms with van der Waals surface area (Å²) in [7, 11) is 0. The van der Waals surface area contributed by atoms with Gasteiger partial charge >= 0.3 is 0 Å². The van der Waals surface area contributed by atoms with Gasteiger partial charge in [0.1, 0.15) is 0 Å². The summed E-state index contributed by atoms with van der Waals surface area (Å²) < 4.78 is 2.28. The third kappa shape index (κ3) is 2.62. The predicted octanol–water partition coefficient (Wildman–Crippen LogP) is 3.31. The monoisotopic (exact) mass is 256 g/mol. The quantitative estimate of drug-likeness (QED) is 0.912. The highest BCUT2D eigenvalue weighted by molar-refractivity contribution is 5.30. The van der Waals surface area contributed by atoms with E-state index in [-0.39, 0.29) is 0 Å². The summed E-state index contributed by atoms with van der Waals surface area (Å²) in [5.74, 6) is 0.969. The minimum Gasteiger partial charge on any atom is -0.350 e. The molecule has 19 heavy (non-hydrogen) atoms. The first-order valence-corrected chi connectivity index (χ1v) is 7.02. The van der Waals surface area contributed by atoms with E-state index in [9.17, 15) is 0 Å². The molecule has 1 aliphatic carbocycles. The predicted molar refractivity (Wildman–Crippen MR) is 76.0 cm³/mol. The molecular formula is C15H20N4. The van der Waals surface area contributed by atoms with Crippen molar-refractivity contribution in [2.24, 2.45) is 0 Å². The van der Waals surface area contributed by atoms with Crippen molar-refractivity contribution < 1.29 is 0 Å². The van der Waals surface area contributed by atoms with Gasteiger partial charge in [-0.05, 0) is 31.4 Å². The standard InChI is InChI=1S/C15H20N4/c1-12-5-4-8-16-14(12)11-18-15-17-9-10-19(15)13-6-2-3-7-13/h4-5,8-10,13H,2-3,6-7,11H2,1H3,(H,17,18). The molecule has 3 rings (SSSR count). The molecule has 2 aromatic heterocycles. The molecule has 0 saturated heterocycles. The van der Waals surface area contributed by atoms with Gasteiger partial charge in [0.15, 0.2) is 0 Å². The van der Waals surface area contributed by atoms with Crippen LogP contribution in [0.2, 0.25) is 0 Å². The van der Waals surface area contributed by atoms with Crippen LogP contribution in [0.4, 0.5) is 5.95 Å². The average Bonchev–Trinajstić information content (AvgIpc) is 3.08. The van der Waals surface area contributed by atoms with E-state index in [2.05, 4.69) is 39.0 Å². The molecule has 0 unspecified atom stereocenters. The van der Waals surface area contributed by atoms with Crippen molar-refractivity contribution in [2.75, 3.05) is 5.32 Å². The Balaban J connectivity index is 1.70. The van der Waals surface area contributed by atoms with E-state index in [1.165, 1.54) is 31.2 Å². The fourth-order valence-electron chi connectivity index (χ4n) is 2.79. The molecule has 100 valence electrons. The topological polar surface area (TPSA) is 42.7 Å². The lowest BCUT2D eigenvalue weighted by molar-refractivity contribution is 0.523. The molecule has 2 aromatic rings. The maximum absolute atomic E-state index is 4.43. The molecule has 1 saturated carbocycles. The lowest BCUT2D eigenvalue weighted by Crippen LogP contribution is -2.11. The number of pyridine rings is 1. The average molecular weight is 256 g/mol. The molecule has 0 atom stereocenters. The minimum atomic E-state index is 0.620. The van der Waals surface area contributed by atoms with E-state index in [4.69, 9.17) is 0 Å². The second-order valence-corrected chi connectivity index (χ2v) is 5.22. The number of anilines is 1. The smallest absolute Gasteiger partial charge is 0.203 e. The first kappa shape index (κ1) is 12.2. The molecular weight excluding hydrogens is 236 g/mol. The Bertz CT molecular complexity index is 541. The minimum absolute atomic E-state index is 0.620. The summed E-state index contributed by atoms with van der Waals surface area (Å²) in [6.45, 7) is 2.82. The molecule has 0 aliphatic heterocycles. The summed E-state index contributed by atoms with van der Waals surface area (Å²) in [4.78, 5) is 8.83. The van der Waals surface area contributed by atoms with Crippen LogP contribution in [-0.2, 0) is 6.54 Å². The van der Waals surface area contributed by atoms with Crippen LogP contribution in [0.3, 0.4) is 0 Å². The van der Waals surface area contributed by atoms with Gasteiger partial charge in [-0.25, -0.2) is 4.98 Å². The van der Waals surface area contributed by atoms with Crippen LogP contribution in [0, 0.1) is 6.92 Å². The number of hydrogen-bond acceptors (Lipinski definition) is 3. The molecule has 4 nitrogen and oxygen atoms in total. The highest BCUT2D eigenvalue weighted by Crippen LogP contribution is 2.31. The lowest BCUT2D eigenvalue weighted by atomic mass is 10.2. The summed E-state index contributed by atoms with van der Waals surface area (Å²) in [5, 5.41) is 3.42. The van der Waals surface area contributed by atoms with E-state index >= 15 is 0 Å². The largest absolute Gasteiger partial charge is 0.350 e. The van der Waals surface area contributed by atoms with Gasteiger partial charge < -0.3 is 9.88 Å². The van der Waals surface area contributed by atoms with Crippen molar-refractivity contribution >= 4 is 5.95 Å². The fraction of sp³-hybridized carbons (Fsp3) is 0.467. The zero-order valence-corrected chi connectivity index (χ0v) is 11.3. The molecule has 0 radical (unpaired) electrons. The second kappa shape index (κ2) is 5.43. The summed E-state index contributed by atoms with van der Waals surface area (Å²) in [6.07, 6.45) is 11.0. The van der Waals surface area contributed by atoms with Crippen molar-refractivity contribution in [3.63, 3.8) is 0 Å². The third-order valence-corrected chi connectivity index (χ3v) is 3.92. The van der Waals surface area contributed by atoms with Crippen LogP contribution in [0.15, 0.2) is 30.7 Å². The van der Waals surface area contributed by atoms with Crippen LogP contribution >= 0.6 is 0 Å². The summed E-state index contributed by atoms with van der Waals surface area (Å²) in [6, 6.07) is 4.68. The molecule has 2 heterocycles. The van der Waals surface area contributed by atoms with E-state index < -0.39 is 0 Å². The Hall–Kier alpha value is -1.84. The molecule has 1 aliphatic rings. The van der Waals surface area contributed by atoms with Crippen LogP contribution in [-0.4, -0.2) is 14.5 Å². The van der Waals surface area contributed by atoms with Crippen molar-refractivity contribution in [1.82, 2.24) is 14.5 Å². The Morgan fingerprint density at radius 2 is 2.11 bits per heavy atom. The number of hydrogen-bond donors (Lipinski definition) is 1. The Morgan fingerprint density at radius 1 is 1.26 bits per heavy atom. The number of nitrogens with one attached hydrogen (secondary N) is 1. The zero-order chi connectivity index (χ0) is 13.1. The normalized spacial score (nSPS) is 15.8. The van der Waals surface area contributed by atoms with E-state index in [0.29, 0.717) is 6.04 Å². The molecule has 4 heteroatoms. The second-order valence-electron chi connectivity index (χ2n) is 5.22. The van der Waals surface area contributed by atoms with Crippen molar-refractivity contribution in [3.8, 4) is 0 Å². The van der Waals surface area contributed by atoms with Gasteiger partial charge in [-0.1, -0.05) is 18.9 Å². The van der Waals surface area contributed by atoms with E-state index in [0.717, 1.165) is 18.2 Å². The molecule has 1 N–H and O–H groups in total. The van der Waals surface area contributed by atoms with Gasteiger partial charge in [0, 0.05) is 24.6 Å². The first-order chi connectivity index (χ1) is 9.34. The molecule has 0 amide bonds. The summed E-state index contributed by atoms with van der Waals surface area (Å²) >= 11 is 0. The maximum Gasteiger partial charge on any atom is 0.203 e. The fourth-order valence-corrected chi connectivity index (χ4v) is 2.79. The summed E-state index contributed by atoms with van der Waals surface area (Å²) in [5.41, 5.74) is 2.30. The Labute approximate surface area is 113 Å². The molecule has 1 fully saturated rings. The first-order valence-electron chi connectivity index (χ1n) is 7.02. The van der Waals surface area contributed by atoms with Gasteiger partial charge in [-0.3, -0.25) is 4.98 Å². The maximum atomic E-state index is 4.43. The van der Waals surface area contributed by atoms with Crippen molar-refractivity contribution in [1.29, 1.82) is 0 Å². The van der Waals surface area contributed by atoms with Crippen molar-refractivity contribution in [3.05, 3.63) is 42.0 Å². The molecule has 0 aromatic carbocycles. The number of aromatic nitrogens is 3. The van der Waals surface area contributed by atoms with E-state index in [1.54, 1.807) is 0 Å². The van der Waals surface area contributed by atoms with Gasteiger partial charge in [-0.2, -0.15) is 0 Å². The van der Waals surface area contributed by atoms with Crippen molar-refractivity contribution in [2.45, 2.75) is 45.2 Å². The number of imidazole rings is 1. The highest BCUT2D eigenvalue weighted by Gasteiger charge is 2.19. The van der Waals surface area contributed by atoms with Crippen LogP contribution < -0.4 is 5.32 Å². The lowest BCUT2D eigenvalue weighted by Gasteiger charge is -2.15. The van der Waals surface area contributed by atoms with Crippen LogP contribution in [0.5, 0.6) is 0 Å². The number of nitrogens with zero attached hydrogens (tertiary/aromatic N) is 3. The van der Waals surface area contributed by atoms with E-state index in [1.807, 2.05) is 18.5 Å². The van der Waals surface area contributed by atoms with Gasteiger partial charge in [0.2, 0.25) is 5.95 Å². The number of rotatable bonds is 4. The zero-order valence-electron chi connectivity index (χ0n) is 11.3.